The maximum absolute atomic E-state index is 12.8. The number of carbonyl (C=O) groups is 2. The number of nitrogens with zero attached hydrogens (tertiary/aromatic N) is 3. The first kappa shape index (κ1) is 23.2. The highest BCUT2D eigenvalue weighted by atomic mass is 35.5. The summed E-state index contributed by atoms with van der Waals surface area (Å²) in [5, 5.41) is 21.3. The Bertz CT molecular complexity index is 1110. The van der Waals surface area contributed by atoms with Gasteiger partial charge < -0.3 is 10.4 Å². The number of anilines is 1. The molecule has 2 aromatic carbocycles. The highest BCUT2D eigenvalue weighted by Crippen LogP contribution is 2.29. The predicted molar refractivity (Wildman–Crippen MR) is 110 cm³/mol. The van der Waals surface area contributed by atoms with Crippen molar-refractivity contribution in [2.45, 2.75) is 18.6 Å². The Balaban J connectivity index is 1.71. The van der Waals surface area contributed by atoms with E-state index in [9.17, 15) is 27.9 Å². The van der Waals surface area contributed by atoms with Gasteiger partial charge in [0.25, 0.3) is 0 Å². The van der Waals surface area contributed by atoms with Crippen LogP contribution in [0.1, 0.15) is 11.3 Å². The summed E-state index contributed by atoms with van der Waals surface area (Å²) in [5.41, 5.74) is -0.240. The normalized spacial score (nSPS) is 12.4. The Labute approximate surface area is 185 Å². The van der Waals surface area contributed by atoms with Crippen molar-refractivity contribution in [1.29, 1.82) is 0 Å². The fourth-order valence-corrected chi connectivity index (χ4v) is 3.00. The monoisotopic (exact) mass is 467 g/mol. The van der Waals surface area contributed by atoms with E-state index in [1.807, 2.05) is 0 Å². The van der Waals surface area contributed by atoms with Gasteiger partial charge in [0.05, 0.1) is 24.1 Å². The molecule has 3 aromatic rings. The lowest BCUT2D eigenvalue weighted by Gasteiger charge is -2.15. The first-order valence-electron chi connectivity index (χ1n) is 9.23. The fraction of sp³-hybridized carbons (Fsp3) is 0.200. The first-order chi connectivity index (χ1) is 15.1. The first-order valence-corrected chi connectivity index (χ1v) is 9.60. The van der Waals surface area contributed by atoms with Crippen LogP contribution in [0.25, 0.3) is 5.69 Å². The molecule has 1 heterocycles. The van der Waals surface area contributed by atoms with Crippen molar-refractivity contribution in [3.63, 3.8) is 0 Å². The Morgan fingerprint density at radius 3 is 2.50 bits per heavy atom. The molecule has 3 N–H and O–H groups in total. The van der Waals surface area contributed by atoms with Crippen LogP contribution in [-0.2, 0) is 22.2 Å². The number of aromatic nitrogens is 3. The highest BCUT2D eigenvalue weighted by Gasteiger charge is 2.34. The third kappa shape index (κ3) is 6.05. The van der Waals surface area contributed by atoms with E-state index in [2.05, 4.69) is 20.9 Å². The third-order valence-corrected chi connectivity index (χ3v) is 4.59. The van der Waals surface area contributed by atoms with E-state index >= 15 is 0 Å². The number of nitrogens with one attached hydrogen (secondary N) is 2. The molecule has 0 saturated carbocycles. The van der Waals surface area contributed by atoms with E-state index < -0.39 is 29.8 Å². The van der Waals surface area contributed by atoms with Crippen LogP contribution >= 0.6 is 11.6 Å². The quantitative estimate of drug-likeness (QED) is 0.469. The number of rotatable bonds is 8. The number of hydrogen-bond acceptors (Lipinski definition) is 5. The predicted octanol–water partition coefficient (Wildman–Crippen LogP) is 3.16. The summed E-state index contributed by atoms with van der Waals surface area (Å²) in [6.07, 6.45) is -3.84. The van der Waals surface area contributed by atoms with Crippen molar-refractivity contribution in [2.75, 3.05) is 11.9 Å². The Morgan fingerprint density at radius 1 is 1.16 bits per heavy atom. The summed E-state index contributed by atoms with van der Waals surface area (Å²) in [5.74, 6) is -1.75. The number of amides is 1. The number of carbonyl (C=O) groups excluding carboxylic acids is 1. The second-order valence-corrected chi connectivity index (χ2v) is 7.15. The summed E-state index contributed by atoms with van der Waals surface area (Å²) < 4.78 is 39.3. The van der Waals surface area contributed by atoms with Crippen LogP contribution in [-0.4, -0.2) is 44.6 Å². The van der Waals surface area contributed by atoms with Gasteiger partial charge >= 0.3 is 12.1 Å². The average molecular weight is 468 g/mol. The largest absolute Gasteiger partial charge is 0.480 e. The maximum atomic E-state index is 12.8. The fourth-order valence-electron chi connectivity index (χ4n) is 2.83. The molecule has 3 rings (SSSR count). The van der Waals surface area contributed by atoms with E-state index in [4.69, 9.17) is 11.6 Å². The van der Waals surface area contributed by atoms with Crippen LogP contribution in [0.15, 0.2) is 54.7 Å². The van der Waals surface area contributed by atoms with Gasteiger partial charge in [-0.25, -0.2) is 4.68 Å². The number of halogens is 4. The molecule has 1 amide bonds. The van der Waals surface area contributed by atoms with E-state index in [-0.39, 0.29) is 29.4 Å². The van der Waals surface area contributed by atoms with Gasteiger partial charge in [-0.15, -0.1) is 5.10 Å². The Kier molecular flexibility index (Phi) is 7.11. The molecule has 0 bridgehead atoms. The molecule has 0 saturated heterocycles. The number of benzene rings is 2. The number of alkyl halides is 3. The number of carboxylic acids is 1. The summed E-state index contributed by atoms with van der Waals surface area (Å²) >= 11 is 5.95. The minimum absolute atomic E-state index is 0.0814. The second kappa shape index (κ2) is 9.79. The molecule has 168 valence electrons. The van der Waals surface area contributed by atoms with Crippen molar-refractivity contribution in [1.82, 2.24) is 20.3 Å². The van der Waals surface area contributed by atoms with Gasteiger partial charge in [-0.05, 0) is 30.2 Å². The molecule has 1 atom stereocenters. The summed E-state index contributed by atoms with van der Waals surface area (Å²) in [6.45, 7) is -0.360. The van der Waals surface area contributed by atoms with Crippen LogP contribution in [0.2, 0.25) is 5.02 Å². The summed E-state index contributed by atoms with van der Waals surface area (Å²) in [6, 6.07) is 12.0. The van der Waals surface area contributed by atoms with Crippen molar-refractivity contribution in [3.05, 3.63) is 71.0 Å². The van der Waals surface area contributed by atoms with Crippen molar-refractivity contribution in [3.8, 4) is 5.69 Å². The van der Waals surface area contributed by atoms with Gasteiger partial charge in [0, 0.05) is 5.02 Å². The zero-order chi connectivity index (χ0) is 23.3. The van der Waals surface area contributed by atoms with Crippen LogP contribution in [0.3, 0.4) is 0 Å². The lowest BCUT2D eigenvalue weighted by atomic mass is 10.1. The molecule has 0 aliphatic carbocycles. The molecular formula is C20H17ClF3N5O3. The van der Waals surface area contributed by atoms with E-state index in [0.29, 0.717) is 6.20 Å². The number of aliphatic carboxylic acids is 1. The van der Waals surface area contributed by atoms with Gasteiger partial charge in [0.2, 0.25) is 5.91 Å². The molecule has 32 heavy (non-hydrogen) atoms. The minimum atomic E-state index is -4.68. The molecule has 0 radical (unpaired) electrons. The standard InChI is InChI=1S/C20H17ClF3N5O3/c21-13-6-7-16(29-11-17(27-28-29)20(22,23)24)14(9-13)26-18(30)10-25-15(19(31)32)8-12-4-2-1-3-5-12/h1-7,9,11,15,25H,8,10H2,(H,26,30)(H,31,32)/t15-/m0/s1. The van der Waals surface area contributed by atoms with Gasteiger partial charge in [0.1, 0.15) is 6.04 Å². The van der Waals surface area contributed by atoms with Gasteiger partial charge in [-0.1, -0.05) is 47.1 Å². The van der Waals surface area contributed by atoms with Gasteiger partial charge in [-0.3, -0.25) is 14.9 Å². The summed E-state index contributed by atoms with van der Waals surface area (Å²) in [7, 11) is 0. The molecule has 0 aliphatic rings. The maximum Gasteiger partial charge on any atom is 0.436 e. The zero-order valence-electron chi connectivity index (χ0n) is 16.3. The highest BCUT2D eigenvalue weighted by molar-refractivity contribution is 6.31. The topological polar surface area (TPSA) is 109 Å². The van der Waals surface area contributed by atoms with Crippen LogP contribution in [0.5, 0.6) is 0 Å². The zero-order valence-corrected chi connectivity index (χ0v) is 17.1. The SMILES string of the molecule is O=C(CN[C@@H](Cc1ccccc1)C(=O)O)Nc1cc(Cl)ccc1-n1cc(C(F)(F)F)nn1. The molecule has 8 nitrogen and oxygen atoms in total. The molecule has 12 heteroatoms. The third-order valence-electron chi connectivity index (χ3n) is 4.35. The van der Waals surface area contributed by atoms with E-state index in [1.54, 1.807) is 30.3 Å². The smallest absolute Gasteiger partial charge is 0.436 e. The number of carboxylic acid groups (broad SMARTS) is 1. The lowest BCUT2D eigenvalue weighted by Crippen LogP contribution is -2.42. The van der Waals surface area contributed by atoms with Gasteiger partial charge in [-0.2, -0.15) is 13.2 Å². The average Bonchev–Trinajstić information content (AvgIpc) is 3.22. The van der Waals surface area contributed by atoms with Crippen LogP contribution in [0.4, 0.5) is 18.9 Å². The molecule has 0 aliphatic heterocycles. The van der Waals surface area contributed by atoms with Crippen molar-refractivity contribution in [2.24, 2.45) is 0 Å². The van der Waals surface area contributed by atoms with Crippen LogP contribution < -0.4 is 10.6 Å². The van der Waals surface area contributed by atoms with E-state index in [1.165, 1.54) is 18.2 Å². The summed E-state index contributed by atoms with van der Waals surface area (Å²) in [4.78, 5) is 23.9. The van der Waals surface area contributed by atoms with Gasteiger partial charge in [0.15, 0.2) is 5.69 Å². The molecule has 0 spiro atoms. The van der Waals surface area contributed by atoms with Crippen LogP contribution in [0, 0.1) is 0 Å². The molecule has 0 unspecified atom stereocenters. The van der Waals surface area contributed by atoms with Crippen molar-refractivity contribution < 1.29 is 27.9 Å². The molecule has 0 fully saturated rings. The van der Waals surface area contributed by atoms with Crippen molar-refractivity contribution >= 4 is 29.2 Å². The van der Waals surface area contributed by atoms with E-state index in [0.717, 1.165) is 10.2 Å². The number of hydrogen-bond donors (Lipinski definition) is 3. The Morgan fingerprint density at radius 2 is 1.88 bits per heavy atom. The minimum Gasteiger partial charge on any atom is -0.480 e. The second-order valence-electron chi connectivity index (χ2n) is 6.72. The molecular weight excluding hydrogens is 451 g/mol. The lowest BCUT2D eigenvalue weighted by molar-refractivity contribution is -0.141. The Hall–Kier alpha value is -3.44. The molecule has 1 aromatic heterocycles.